The molecule has 0 amide bonds. The van der Waals surface area contributed by atoms with Crippen molar-refractivity contribution in [1.82, 2.24) is 4.57 Å². The number of allylic oxidation sites excluding steroid dienone is 1. The van der Waals surface area contributed by atoms with E-state index in [4.69, 9.17) is 14.2 Å². The molecule has 0 fully saturated rings. The maximum atomic E-state index is 13.8. The molecule has 0 radical (unpaired) electrons. The molecular weight excluding hydrogens is 542 g/mol. The van der Waals surface area contributed by atoms with Crippen LogP contribution in [0.15, 0.2) is 63.5 Å². The number of benzene rings is 2. The number of carbonyl (C=O) groups excluding carboxylic acids is 3. The van der Waals surface area contributed by atoms with Crippen LogP contribution in [0.3, 0.4) is 0 Å². The predicted molar refractivity (Wildman–Crippen MR) is 143 cm³/mol. The highest BCUT2D eigenvalue weighted by Gasteiger charge is 2.34. The van der Waals surface area contributed by atoms with Crippen LogP contribution in [0.1, 0.15) is 44.9 Å². The molecule has 1 aliphatic rings. The molecule has 2 aromatic carbocycles. The number of nitro benzene ring substituents is 1. The van der Waals surface area contributed by atoms with Crippen molar-refractivity contribution in [3.8, 4) is 11.5 Å². The minimum absolute atomic E-state index is 0.0516. The number of hydrogen-bond acceptors (Lipinski definition) is 11. The number of non-ortho nitro benzene ring substituents is 1. The van der Waals surface area contributed by atoms with Gasteiger partial charge in [-0.3, -0.25) is 29.1 Å². The lowest BCUT2D eigenvalue weighted by Crippen LogP contribution is -2.40. The van der Waals surface area contributed by atoms with Crippen molar-refractivity contribution in [2.24, 2.45) is 4.99 Å². The molecule has 12 nitrogen and oxygen atoms in total. The quantitative estimate of drug-likeness (QED) is 0.182. The van der Waals surface area contributed by atoms with Gasteiger partial charge in [-0.05, 0) is 37.6 Å². The monoisotopic (exact) mass is 565 g/mol. The minimum atomic E-state index is -1.04. The van der Waals surface area contributed by atoms with E-state index in [1.54, 1.807) is 19.9 Å². The normalized spacial score (nSPS) is 14.7. The molecule has 0 aliphatic carbocycles. The average molecular weight is 566 g/mol. The van der Waals surface area contributed by atoms with Gasteiger partial charge in [0.25, 0.3) is 11.2 Å². The lowest BCUT2D eigenvalue weighted by atomic mass is 9.95. The molecule has 2 heterocycles. The summed E-state index contributed by atoms with van der Waals surface area (Å²) in [5, 5.41) is 11.5. The summed E-state index contributed by atoms with van der Waals surface area (Å²) in [6, 6.07) is 8.96. The number of hydrogen-bond donors (Lipinski definition) is 0. The Morgan fingerprint density at radius 1 is 1.12 bits per heavy atom. The molecule has 0 bridgehead atoms. The Labute approximate surface area is 230 Å². The van der Waals surface area contributed by atoms with Crippen LogP contribution in [0, 0.1) is 10.1 Å². The van der Waals surface area contributed by atoms with Gasteiger partial charge in [0, 0.05) is 37.6 Å². The molecule has 1 atom stereocenters. The average Bonchev–Trinajstić information content (AvgIpc) is 3.18. The van der Waals surface area contributed by atoms with Crippen molar-refractivity contribution >= 4 is 41.0 Å². The van der Waals surface area contributed by atoms with Crippen molar-refractivity contribution in [2.75, 3.05) is 6.61 Å². The largest absolute Gasteiger partial charge is 0.463 e. The van der Waals surface area contributed by atoms with Crippen molar-refractivity contribution < 1.29 is 33.5 Å². The van der Waals surface area contributed by atoms with Gasteiger partial charge in [-0.2, -0.15) is 0 Å². The zero-order valence-electron chi connectivity index (χ0n) is 21.8. The summed E-state index contributed by atoms with van der Waals surface area (Å²) in [5.74, 6) is -1.70. The van der Waals surface area contributed by atoms with Crippen LogP contribution in [0.2, 0.25) is 0 Å². The molecule has 40 heavy (non-hydrogen) atoms. The summed E-state index contributed by atoms with van der Waals surface area (Å²) in [5.41, 5.74) is 0.292. The van der Waals surface area contributed by atoms with E-state index in [1.165, 1.54) is 60.9 Å². The van der Waals surface area contributed by atoms with Gasteiger partial charge in [0.15, 0.2) is 4.80 Å². The molecule has 0 N–H and O–H groups in total. The second kappa shape index (κ2) is 11.5. The lowest BCUT2D eigenvalue weighted by Gasteiger charge is -2.24. The van der Waals surface area contributed by atoms with E-state index in [0.717, 1.165) is 11.3 Å². The Hall–Kier alpha value is -4.91. The fourth-order valence-electron chi connectivity index (χ4n) is 4.16. The molecule has 3 aromatic rings. The number of nitro groups is 1. The number of nitrogens with zero attached hydrogens (tertiary/aromatic N) is 3. The van der Waals surface area contributed by atoms with E-state index in [-0.39, 0.29) is 38.7 Å². The third-order valence-corrected chi connectivity index (χ3v) is 6.68. The molecule has 1 aromatic heterocycles. The zero-order chi connectivity index (χ0) is 29.1. The highest BCUT2D eigenvalue weighted by atomic mass is 32.1. The van der Waals surface area contributed by atoms with Crippen molar-refractivity contribution in [2.45, 2.75) is 33.7 Å². The number of esters is 3. The highest BCUT2D eigenvalue weighted by molar-refractivity contribution is 7.07. The molecule has 4 rings (SSSR count). The first kappa shape index (κ1) is 28.1. The number of thiazole rings is 1. The minimum Gasteiger partial charge on any atom is -0.463 e. The maximum Gasteiger partial charge on any atom is 0.338 e. The fourth-order valence-corrected chi connectivity index (χ4v) is 5.20. The molecule has 13 heteroatoms. The van der Waals surface area contributed by atoms with Gasteiger partial charge < -0.3 is 14.2 Å². The van der Waals surface area contributed by atoms with Crippen LogP contribution in [0.25, 0.3) is 6.08 Å². The molecule has 0 spiro atoms. The number of rotatable bonds is 7. The Morgan fingerprint density at radius 3 is 2.50 bits per heavy atom. The maximum absolute atomic E-state index is 13.8. The van der Waals surface area contributed by atoms with Crippen LogP contribution >= 0.6 is 11.3 Å². The first-order valence-electron chi connectivity index (χ1n) is 11.9. The summed E-state index contributed by atoms with van der Waals surface area (Å²) in [4.78, 5) is 65.5. The van der Waals surface area contributed by atoms with E-state index in [2.05, 4.69) is 4.99 Å². The first-order chi connectivity index (χ1) is 19.0. The van der Waals surface area contributed by atoms with Crippen LogP contribution in [-0.2, 0) is 19.1 Å². The van der Waals surface area contributed by atoms with Crippen LogP contribution in [0.5, 0.6) is 11.5 Å². The van der Waals surface area contributed by atoms with Crippen molar-refractivity contribution in [3.63, 3.8) is 0 Å². The van der Waals surface area contributed by atoms with E-state index in [9.17, 15) is 29.3 Å². The van der Waals surface area contributed by atoms with E-state index in [1.807, 2.05) is 0 Å². The van der Waals surface area contributed by atoms with Crippen LogP contribution in [-0.4, -0.2) is 34.0 Å². The molecular formula is C27H23N3O9S. The number of carbonyl (C=O) groups is 3. The van der Waals surface area contributed by atoms with Gasteiger partial charge in [-0.15, -0.1) is 0 Å². The van der Waals surface area contributed by atoms with Crippen molar-refractivity contribution in [3.05, 3.63) is 94.7 Å². The van der Waals surface area contributed by atoms with Gasteiger partial charge in [0.1, 0.15) is 11.5 Å². The van der Waals surface area contributed by atoms with Gasteiger partial charge in [-0.1, -0.05) is 23.5 Å². The summed E-state index contributed by atoms with van der Waals surface area (Å²) in [6.07, 6.45) is 1.48. The molecule has 0 saturated carbocycles. The summed E-state index contributed by atoms with van der Waals surface area (Å²) in [7, 11) is 0. The summed E-state index contributed by atoms with van der Waals surface area (Å²) in [6.45, 7) is 5.74. The third kappa shape index (κ3) is 5.73. The van der Waals surface area contributed by atoms with E-state index < -0.39 is 34.4 Å². The van der Waals surface area contributed by atoms with E-state index in [0.29, 0.717) is 16.8 Å². The van der Waals surface area contributed by atoms with Crippen LogP contribution < -0.4 is 24.4 Å². The summed E-state index contributed by atoms with van der Waals surface area (Å²) < 4.78 is 17.0. The number of fused-ring (bicyclic) bond motifs is 1. The van der Waals surface area contributed by atoms with Crippen molar-refractivity contribution in [1.29, 1.82) is 0 Å². The SMILES string of the molecule is CCOC(=O)C1=C(C)N=c2sc(=Cc3ccc(OC(C)=O)cc3OC(C)=O)c(=O)n2C1c1cccc([N+](=O)[O-])c1. The van der Waals surface area contributed by atoms with Crippen LogP contribution in [0.4, 0.5) is 5.69 Å². The van der Waals surface area contributed by atoms with Gasteiger partial charge in [0.2, 0.25) is 0 Å². The zero-order valence-corrected chi connectivity index (χ0v) is 22.6. The topological polar surface area (TPSA) is 156 Å². The number of aromatic nitrogens is 1. The second-order valence-electron chi connectivity index (χ2n) is 8.54. The first-order valence-corrected chi connectivity index (χ1v) is 12.8. The standard InChI is InChI=1S/C27H23N3O9S/c1-5-37-26(34)23-14(2)28-27-29(24(23)18-7-6-8-19(11-18)30(35)36)25(33)22(40-27)12-17-9-10-20(38-15(3)31)13-21(17)39-16(4)32/h6-13,24H,5H2,1-4H3. The summed E-state index contributed by atoms with van der Waals surface area (Å²) >= 11 is 1.02. The number of ether oxygens (including phenoxy) is 3. The Balaban J connectivity index is 1.95. The molecule has 1 aliphatic heterocycles. The smallest absolute Gasteiger partial charge is 0.338 e. The third-order valence-electron chi connectivity index (χ3n) is 5.70. The molecule has 1 unspecified atom stereocenters. The Kier molecular flexibility index (Phi) is 8.05. The van der Waals surface area contributed by atoms with Gasteiger partial charge in [0.05, 0.1) is 33.4 Å². The van der Waals surface area contributed by atoms with Gasteiger partial charge in [-0.25, -0.2) is 9.79 Å². The molecule has 0 saturated heterocycles. The van der Waals surface area contributed by atoms with E-state index >= 15 is 0 Å². The fraction of sp³-hybridized carbons (Fsp3) is 0.222. The molecule has 206 valence electrons. The second-order valence-corrected chi connectivity index (χ2v) is 9.55. The predicted octanol–water partition coefficient (Wildman–Crippen LogP) is 2.56. The Bertz CT molecular complexity index is 1770. The Morgan fingerprint density at radius 2 is 1.85 bits per heavy atom. The van der Waals surface area contributed by atoms with Gasteiger partial charge >= 0.3 is 17.9 Å². The lowest BCUT2D eigenvalue weighted by molar-refractivity contribution is -0.384. The highest BCUT2D eigenvalue weighted by Crippen LogP contribution is 2.32.